The highest BCUT2D eigenvalue weighted by Crippen LogP contribution is 2.28. The fraction of sp³-hybridized carbons (Fsp3) is 0.0938. The number of hydrogen-bond donors (Lipinski definition) is 2. The zero-order valence-electron chi connectivity index (χ0n) is 21.4. The second-order valence-corrected chi connectivity index (χ2v) is 9.28. The predicted molar refractivity (Wildman–Crippen MR) is 151 cm³/mol. The third kappa shape index (κ3) is 5.72. The lowest BCUT2D eigenvalue weighted by atomic mass is 10.1. The number of nitrogens with zero attached hydrogens (tertiary/aromatic N) is 3. The number of carbonyl (C=O) groups excluding carboxylic acids is 2. The monoisotopic (exact) mass is 517 g/mol. The summed E-state index contributed by atoms with van der Waals surface area (Å²) in [6.45, 7) is 0.602. The molecule has 1 heterocycles. The van der Waals surface area contributed by atoms with Gasteiger partial charge in [-0.25, -0.2) is 0 Å². The molecule has 0 fully saturated rings. The Morgan fingerprint density at radius 1 is 0.744 bits per heavy atom. The van der Waals surface area contributed by atoms with Crippen molar-refractivity contribution in [1.29, 1.82) is 0 Å². The lowest BCUT2D eigenvalue weighted by Gasteiger charge is -2.24. The molecule has 2 N–H and O–H groups in total. The van der Waals surface area contributed by atoms with Gasteiger partial charge in [0.25, 0.3) is 11.8 Å². The van der Waals surface area contributed by atoms with Crippen molar-refractivity contribution in [2.24, 2.45) is 0 Å². The van der Waals surface area contributed by atoms with Crippen molar-refractivity contribution in [1.82, 2.24) is 9.88 Å². The van der Waals surface area contributed by atoms with Crippen LogP contribution in [0.2, 0.25) is 0 Å². The van der Waals surface area contributed by atoms with E-state index >= 15 is 0 Å². The second kappa shape index (κ2) is 11.1. The third-order valence-electron chi connectivity index (χ3n) is 6.47. The molecule has 0 atom stereocenters. The van der Waals surface area contributed by atoms with Crippen LogP contribution in [0.1, 0.15) is 32.0 Å². The molecule has 0 radical (unpaired) electrons. The molecule has 39 heavy (non-hydrogen) atoms. The van der Waals surface area contributed by atoms with Crippen LogP contribution < -0.4 is 4.90 Å². The van der Waals surface area contributed by atoms with Gasteiger partial charge in [0, 0.05) is 29.8 Å². The number of amides is 2. The summed E-state index contributed by atoms with van der Waals surface area (Å²) in [6, 6.07) is 31.9. The van der Waals surface area contributed by atoms with E-state index in [-0.39, 0.29) is 29.5 Å². The number of fused-ring (bicyclic) bond motifs is 1. The Kier molecular flexibility index (Phi) is 7.23. The molecule has 0 aliphatic carbocycles. The van der Waals surface area contributed by atoms with Gasteiger partial charge in [0.1, 0.15) is 11.5 Å². The summed E-state index contributed by atoms with van der Waals surface area (Å²) in [6.07, 6.45) is 0. The van der Waals surface area contributed by atoms with Crippen LogP contribution in [0.5, 0.6) is 11.5 Å². The first-order valence-corrected chi connectivity index (χ1v) is 12.5. The Labute approximate surface area is 226 Å². The third-order valence-corrected chi connectivity index (χ3v) is 6.47. The number of phenolic OH excluding ortho intramolecular Hbond substituents is 2. The summed E-state index contributed by atoms with van der Waals surface area (Å²) in [5.74, 6) is -1.05. The molecule has 0 spiro atoms. The quantitative estimate of drug-likeness (QED) is 0.286. The first kappa shape index (κ1) is 25.5. The van der Waals surface area contributed by atoms with E-state index < -0.39 is 5.91 Å². The fourth-order valence-electron chi connectivity index (χ4n) is 4.41. The zero-order valence-corrected chi connectivity index (χ0v) is 21.4. The first-order chi connectivity index (χ1) is 18.9. The van der Waals surface area contributed by atoms with Gasteiger partial charge in [0.2, 0.25) is 0 Å². The molecule has 194 valence electrons. The molecule has 0 bridgehead atoms. The van der Waals surface area contributed by atoms with Gasteiger partial charge in [-0.15, -0.1) is 0 Å². The molecule has 0 aliphatic rings. The van der Waals surface area contributed by atoms with E-state index in [4.69, 9.17) is 0 Å². The lowest BCUT2D eigenvalue weighted by Crippen LogP contribution is -2.31. The van der Waals surface area contributed by atoms with Gasteiger partial charge >= 0.3 is 0 Å². The van der Waals surface area contributed by atoms with Crippen molar-refractivity contribution in [2.75, 3.05) is 11.9 Å². The molecule has 0 saturated heterocycles. The van der Waals surface area contributed by atoms with Gasteiger partial charge in [-0.3, -0.25) is 14.6 Å². The number of aromatic nitrogens is 1. The topological polar surface area (TPSA) is 94.0 Å². The first-order valence-electron chi connectivity index (χ1n) is 12.5. The molecule has 1 aromatic heterocycles. The molecule has 5 rings (SSSR count). The molecule has 0 aliphatic heterocycles. The van der Waals surface area contributed by atoms with E-state index in [1.807, 2.05) is 66.7 Å². The van der Waals surface area contributed by atoms with Crippen LogP contribution in [0.15, 0.2) is 109 Å². The minimum Gasteiger partial charge on any atom is -0.508 e. The number of hydrogen-bond acceptors (Lipinski definition) is 5. The van der Waals surface area contributed by atoms with E-state index in [0.29, 0.717) is 17.8 Å². The van der Waals surface area contributed by atoms with Crippen LogP contribution >= 0.6 is 0 Å². The van der Waals surface area contributed by atoms with Crippen molar-refractivity contribution in [3.8, 4) is 11.5 Å². The predicted octanol–water partition coefficient (Wildman–Crippen LogP) is 5.77. The molecular weight excluding hydrogens is 490 g/mol. The van der Waals surface area contributed by atoms with Gasteiger partial charge < -0.3 is 20.0 Å². The Balaban J connectivity index is 1.37. The van der Waals surface area contributed by atoms with Crippen LogP contribution in [0, 0.1) is 0 Å². The van der Waals surface area contributed by atoms with E-state index in [9.17, 15) is 19.8 Å². The van der Waals surface area contributed by atoms with Gasteiger partial charge in [0.05, 0.1) is 29.9 Å². The van der Waals surface area contributed by atoms with Crippen LogP contribution in [0.3, 0.4) is 0 Å². The van der Waals surface area contributed by atoms with Gasteiger partial charge in [0.15, 0.2) is 0 Å². The van der Waals surface area contributed by atoms with Crippen LogP contribution in [0.25, 0.3) is 10.9 Å². The Morgan fingerprint density at radius 3 is 2.21 bits per heavy atom. The Bertz CT molecular complexity index is 1640. The molecule has 0 unspecified atom stereocenters. The minimum atomic E-state index is -0.435. The molecular formula is C32H27N3O4. The van der Waals surface area contributed by atoms with Crippen LogP contribution in [0.4, 0.5) is 5.69 Å². The minimum absolute atomic E-state index is 0.0616. The van der Waals surface area contributed by atoms with Crippen LogP contribution in [-0.2, 0) is 13.1 Å². The Morgan fingerprint density at radius 2 is 1.46 bits per heavy atom. The molecule has 5 aromatic rings. The van der Waals surface area contributed by atoms with Crippen molar-refractivity contribution < 1.29 is 19.8 Å². The molecule has 7 heteroatoms. The summed E-state index contributed by atoms with van der Waals surface area (Å²) in [7, 11) is 1.73. The number of anilines is 1. The lowest BCUT2D eigenvalue weighted by molar-refractivity contribution is 0.0783. The molecule has 2 amide bonds. The number of carbonyl (C=O) groups is 2. The number of phenols is 2. The van der Waals surface area contributed by atoms with E-state index in [0.717, 1.165) is 28.2 Å². The number of pyridine rings is 1. The maximum absolute atomic E-state index is 13.5. The van der Waals surface area contributed by atoms with Crippen LogP contribution in [-0.4, -0.2) is 39.0 Å². The van der Waals surface area contributed by atoms with Crippen molar-refractivity contribution >= 4 is 28.4 Å². The highest BCUT2D eigenvalue weighted by atomic mass is 16.3. The van der Waals surface area contributed by atoms with Gasteiger partial charge in [-0.1, -0.05) is 54.6 Å². The van der Waals surface area contributed by atoms with E-state index in [2.05, 4.69) is 4.98 Å². The van der Waals surface area contributed by atoms with Crippen molar-refractivity contribution in [3.05, 3.63) is 132 Å². The van der Waals surface area contributed by atoms with E-state index in [1.54, 1.807) is 36.2 Å². The zero-order chi connectivity index (χ0) is 27.4. The largest absolute Gasteiger partial charge is 0.508 e. The van der Waals surface area contributed by atoms with Crippen molar-refractivity contribution in [3.63, 3.8) is 0 Å². The normalized spacial score (nSPS) is 10.8. The van der Waals surface area contributed by atoms with E-state index in [1.165, 1.54) is 17.0 Å². The highest BCUT2D eigenvalue weighted by Gasteiger charge is 2.22. The Hall–Kier alpha value is -5.17. The maximum atomic E-state index is 13.5. The average Bonchev–Trinajstić information content (AvgIpc) is 2.96. The highest BCUT2D eigenvalue weighted by molar-refractivity contribution is 6.08. The summed E-state index contributed by atoms with van der Waals surface area (Å²) in [5, 5.41) is 21.0. The summed E-state index contributed by atoms with van der Waals surface area (Å²) in [5.41, 5.74) is 3.66. The number of rotatable bonds is 7. The summed E-state index contributed by atoms with van der Waals surface area (Å²) in [4.78, 5) is 34.5. The molecule has 7 nitrogen and oxygen atoms in total. The number of aromatic hydroxyl groups is 2. The molecule has 0 saturated carbocycles. The number of benzene rings is 4. The molecule has 4 aromatic carbocycles. The standard InChI is InChI=1S/C32H27N3O4/c1-34(21-25-14-11-23-9-5-6-10-29(23)33-25)31(38)24-12-15-26(16-13-24)35(20-22-7-3-2-4-8-22)32(39)28-18-17-27(36)19-30(28)37/h2-19,36-37H,20-21H2,1H3. The summed E-state index contributed by atoms with van der Waals surface area (Å²) >= 11 is 0. The van der Waals surface area contributed by atoms with Crippen molar-refractivity contribution in [2.45, 2.75) is 13.1 Å². The smallest absolute Gasteiger partial charge is 0.262 e. The maximum Gasteiger partial charge on any atom is 0.262 e. The fourth-order valence-corrected chi connectivity index (χ4v) is 4.41. The SMILES string of the molecule is CN(Cc1ccc2ccccc2n1)C(=O)c1ccc(N(Cc2ccccc2)C(=O)c2ccc(O)cc2O)cc1. The van der Waals surface area contributed by atoms with Gasteiger partial charge in [-0.2, -0.15) is 0 Å². The number of para-hydroxylation sites is 1. The second-order valence-electron chi connectivity index (χ2n) is 9.28. The van der Waals surface area contributed by atoms with Gasteiger partial charge in [-0.05, 0) is 54.1 Å². The summed E-state index contributed by atoms with van der Waals surface area (Å²) < 4.78 is 0. The average molecular weight is 518 g/mol.